The Balaban J connectivity index is 2.56. The van der Waals surface area contributed by atoms with Crippen LogP contribution in [0, 0.1) is 0 Å². The molecular weight excluding hydrogens is 264 g/mol. The van der Waals surface area contributed by atoms with Crippen molar-refractivity contribution in [3.8, 4) is 11.6 Å². The van der Waals surface area contributed by atoms with Gasteiger partial charge in [0, 0.05) is 23.6 Å². The Kier molecular flexibility index (Phi) is 4.45. The highest BCUT2D eigenvalue weighted by Gasteiger charge is 2.18. The zero-order valence-electron chi connectivity index (χ0n) is 11.1. The summed E-state index contributed by atoms with van der Waals surface area (Å²) in [5.41, 5.74) is 2.74. The molecule has 5 heteroatoms. The number of aliphatic hydroxyl groups excluding tert-OH is 1. The van der Waals surface area contributed by atoms with Crippen molar-refractivity contribution in [3.63, 3.8) is 0 Å². The monoisotopic (exact) mass is 280 g/mol. The summed E-state index contributed by atoms with van der Waals surface area (Å²) in [6.45, 7) is 2.11. The Bertz CT molecular complexity index is 567. The van der Waals surface area contributed by atoms with Gasteiger partial charge in [0.15, 0.2) is 0 Å². The second-order valence-corrected chi connectivity index (χ2v) is 4.59. The molecule has 0 aliphatic heterocycles. The first-order chi connectivity index (χ1) is 9.21. The fourth-order valence-electron chi connectivity index (χ4n) is 2.12. The summed E-state index contributed by atoms with van der Waals surface area (Å²) >= 11 is 6.01. The van der Waals surface area contributed by atoms with E-state index in [0.717, 1.165) is 23.4 Å². The van der Waals surface area contributed by atoms with Crippen molar-refractivity contribution < 1.29 is 9.84 Å². The van der Waals surface area contributed by atoms with Crippen molar-refractivity contribution in [1.82, 2.24) is 9.78 Å². The van der Waals surface area contributed by atoms with Crippen LogP contribution >= 0.6 is 11.6 Å². The van der Waals surface area contributed by atoms with Crippen LogP contribution in [0.15, 0.2) is 24.3 Å². The summed E-state index contributed by atoms with van der Waals surface area (Å²) in [6.07, 6.45) is 1.33. The summed E-state index contributed by atoms with van der Waals surface area (Å²) in [7, 11) is 1.61. The second kappa shape index (κ2) is 6.08. The van der Waals surface area contributed by atoms with Crippen molar-refractivity contribution in [1.29, 1.82) is 0 Å². The average Bonchev–Trinajstić information content (AvgIpc) is 2.77. The van der Waals surface area contributed by atoms with Gasteiger partial charge in [0.05, 0.1) is 18.5 Å². The number of aromatic nitrogens is 2. The van der Waals surface area contributed by atoms with Crippen LogP contribution in [-0.2, 0) is 12.8 Å². The molecule has 0 fully saturated rings. The molecule has 1 aromatic carbocycles. The van der Waals surface area contributed by atoms with Crippen molar-refractivity contribution >= 4 is 11.6 Å². The first kappa shape index (κ1) is 13.9. The number of rotatable bonds is 5. The Hall–Kier alpha value is -1.52. The summed E-state index contributed by atoms with van der Waals surface area (Å²) in [5.74, 6) is 0.660. The highest BCUT2D eigenvalue weighted by Crippen LogP contribution is 2.27. The van der Waals surface area contributed by atoms with Gasteiger partial charge in [0.1, 0.15) is 0 Å². The topological polar surface area (TPSA) is 47.3 Å². The molecule has 1 N–H and O–H groups in total. The third kappa shape index (κ3) is 2.74. The van der Waals surface area contributed by atoms with Gasteiger partial charge >= 0.3 is 0 Å². The number of nitrogens with zero attached hydrogens (tertiary/aromatic N) is 2. The maximum atomic E-state index is 9.17. The average molecular weight is 281 g/mol. The molecule has 0 spiro atoms. The Morgan fingerprint density at radius 2 is 2.21 bits per heavy atom. The molecule has 0 aliphatic carbocycles. The second-order valence-electron chi connectivity index (χ2n) is 4.15. The Labute approximate surface area is 117 Å². The van der Waals surface area contributed by atoms with E-state index in [9.17, 15) is 0 Å². The van der Waals surface area contributed by atoms with Crippen molar-refractivity contribution in [2.45, 2.75) is 19.8 Å². The largest absolute Gasteiger partial charge is 0.481 e. The molecule has 0 saturated heterocycles. The lowest BCUT2D eigenvalue weighted by molar-refractivity contribution is 0.295. The molecule has 19 heavy (non-hydrogen) atoms. The zero-order valence-corrected chi connectivity index (χ0v) is 11.8. The highest BCUT2D eigenvalue weighted by molar-refractivity contribution is 6.30. The van der Waals surface area contributed by atoms with E-state index in [-0.39, 0.29) is 6.61 Å². The molecule has 4 nitrogen and oxygen atoms in total. The van der Waals surface area contributed by atoms with E-state index in [0.29, 0.717) is 17.3 Å². The number of halogens is 1. The van der Waals surface area contributed by atoms with E-state index in [1.54, 1.807) is 11.8 Å². The predicted molar refractivity (Wildman–Crippen MR) is 75.3 cm³/mol. The van der Waals surface area contributed by atoms with E-state index in [1.807, 2.05) is 31.2 Å². The molecule has 1 aromatic heterocycles. The van der Waals surface area contributed by atoms with E-state index in [1.165, 1.54) is 0 Å². The molecule has 102 valence electrons. The van der Waals surface area contributed by atoms with Crippen LogP contribution in [-0.4, -0.2) is 28.6 Å². The summed E-state index contributed by atoms with van der Waals surface area (Å²) in [5, 5.41) is 14.4. The predicted octanol–water partition coefficient (Wildman–Crippen LogP) is 2.63. The lowest BCUT2D eigenvalue weighted by Gasteiger charge is -2.08. The number of ether oxygens (including phenoxy) is 1. The Morgan fingerprint density at radius 3 is 2.79 bits per heavy atom. The molecule has 0 atom stereocenters. The van der Waals surface area contributed by atoms with Gasteiger partial charge in [0.25, 0.3) is 0 Å². The van der Waals surface area contributed by atoms with Gasteiger partial charge in [-0.1, -0.05) is 24.6 Å². The van der Waals surface area contributed by atoms with Crippen LogP contribution in [0.25, 0.3) is 5.69 Å². The normalized spacial score (nSPS) is 10.7. The minimum absolute atomic E-state index is 0.0740. The standard InChI is InChI=1S/C14H17ClN2O2/c1-3-13-12(7-8-18)14(19-2)17(16-13)11-6-4-5-10(15)9-11/h4-6,9,18H,3,7-8H2,1-2H3. The smallest absolute Gasteiger partial charge is 0.220 e. The molecule has 0 bridgehead atoms. The fourth-order valence-corrected chi connectivity index (χ4v) is 2.30. The van der Waals surface area contributed by atoms with Gasteiger partial charge in [-0.15, -0.1) is 0 Å². The maximum Gasteiger partial charge on any atom is 0.220 e. The molecule has 2 rings (SSSR count). The molecule has 0 unspecified atom stereocenters. The van der Waals surface area contributed by atoms with Gasteiger partial charge in [-0.05, 0) is 24.6 Å². The summed E-state index contributed by atoms with van der Waals surface area (Å²) < 4.78 is 7.18. The van der Waals surface area contributed by atoms with Crippen LogP contribution in [0.5, 0.6) is 5.88 Å². The SMILES string of the molecule is CCc1nn(-c2cccc(Cl)c2)c(OC)c1CCO. The lowest BCUT2D eigenvalue weighted by Crippen LogP contribution is -2.01. The third-order valence-corrected chi connectivity index (χ3v) is 3.20. The van der Waals surface area contributed by atoms with Crippen molar-refractivity contribution in [3.05, 3.63) is 40.5 Å². The van der Waals surface area contributed by atoms with Crippen molar-refractivity contribution in [2.24, 2.45) is 0 Å². The molecule has 0 amide bonds. The van der Waals surface area contributed by atoms with E-state index in [4.69, 9.17) is 21.4 Å². The van der Waals surface area contributed by atoms with Crippen LogP contribution in [0.3, 0.4) is 0 Å². The van der Waals surface area contributed by atoms with E-state index >= 15 is 0 Å². The number of hydrogen-bond donors (Lipinski definition) is 1. The molecule has 0 saturated carbocycles. The van der Waals surface area contributed by atoms with Gasteiger partial charge in [-0.25, -0.2) is 4.68 Å². The number of benzene rings is 1. The summed E-state index contributed by atoms with van der Waals surface area (Å²) in [4.78, 5) is 0. The zero-order chi connectivity index (χ0) is 13.8. The van der Waals surface area contributed by atoms with Crippen LogP contribution in [0.2, 0.25) is 5.02 Å². The van der Waals surface area contributed by atoms with Crippen LogP contribution in [0.4, 0.5) is 0 Å². The molecule has 0 radical (unpaired) electrons. The van der Waals surface area contributed by atoms with Gasteiger partial charge in [-0.2, -0.15) is 5.10 Å². The summed E-state index contributed by atoms with van der Waals surface area (Å²) in [6, 6.07) is 7.44. The van der Waals surface area contributed by atoms with Gasteiger partial charge < -0.3 is 9.84 Å². The van der Waals surface area contributed by atoms with E-state index in [2.05, 4.69) is 5.10 Å². The van der Waals surface area contributed by atoms with Gasteiger partial charge in [0.2, 0.25) is 5.88 Å². The van der Waals surface area contributed by atoms with E-state index < -0.39 is 0 Å². The number of methoxy groups -OCH3 is 1. The quantitative estimate of drug-likeness (QED) is 0.916. The third-order valence-electron chi connectivity index (χ3n) is 2.96. The minimum atomic E-state index is 0.0740. The van der Waals surface area contributed by atoms with Crippen LogP contribution in [0.1, 0.15) is 18.2 Å². The highest BCUT2D eigenvalue weighted by atomic mass is 35.5. The fraction of sp³-hybridized carbons (Fsp3) is 0.357. The van der Waals surface area contributed by atoms with Crippen LogP contribution < -0.4 is 4.74 Å². The first-order valence-corrected chi connectivity index (χ1v) is 6.60. The first-order valence-electron chi connectivity index (χ1n) is 6.22. The molecular formula is C14H17ClN2O2. The maximum absolute atomic E-state index is 9.17. The van der Waals surface area contributed by atoms with Crippen molar-refractivity contribution in [2.75, 3.05) is 13.7 Å². The van der Waals surface area contributed by atoms with Gasteiger partial charge in [-0.3, -0.25) is 0 Å². The number of aryl methyl sites for hydroxylation is 1. The molecule has 1 heterocycles. The Morgan fingerprint density at radius 1 is 1.42 bits per heavy atom. The molecule has 0 aliphatic rings. The lowest BCUT2D eigenvalue weighted by atomic mass is 10.1. The minimum Gasteiger partial charge on any atom is -0.481 e. The molecule has 2 aromatic rings. The number of aliphatic hydroxyl groups is 1. The number of hydrogen-bond acceptors (Lipinski definition) is 3.